The fourth-order valence-electron chi connectivity index (χ4n) is 3.30. The van der Waals surface area contributed by atoms with E-state index < -0.39 is 0 Å². The zero-order valence-corrected chi connectivity index (χ0v) is 12.7. The molecule has 0 bridgehead atoms. The van der Waals surface area contributed by atoms with Gasteiger partial charge >= 0.3 is 0 Å². The molecule has 1 aliphatic rings. The van der Waals surface area contributed by atoms with Crippen molar-refractivity contribution in [3.05, 3.63) is 34.9 Å². The van der Waals surface area contributed by atoms with Gasteiger partial charge in [0, 0.05) is 19.1 Å². The number of rotatable bonds is 5. The second-order valence-corrected chi connectivity index (χ2v) is 6.34. The molecule has 2 nitrogen and oxygen atoms in total. The summed E-state index contributed by atoms with van der Waals surface area (Å²) in [5.74, 6) is 0.899. The van der Waals surface area contributed by atoms with Crippen molar-refractivity contribution < 1.29 is 0 Å². The topological polar surface area (TPSA) is 29.3 Å². The lowest BCUT2D eigenvalue weighted by Gasteiger charge is -2.25. The van der Waals surface area contributed by atoms with Crippen molar-refractivity contribution in [1.82, 2.24) is 4.90 Å². The average molecular weight is 260 g/mol. The van der Waals surface area contributed by atoms with E-state index in [1.807, 2.05) is 0 Å². The minimum atomic E-state index is 0.131. The Morgan fingerprint density at radius 3 is 2.63 bits per heavy atom. The van der Waals surface area contributed by atoms with E-state index in [9.17, 15) is 0 Å². The Hall–Kier alpha value is -0.860. The lowest BCUT2D eigenvalue weighted by atomic mass is 9.99. The first kappa shape index (κ1) is 14.5. The minimum absolute atomic E-state index is 0.131. The quantitative estimate of drug-likeness (QED) is 0.879. The average Bonchev–Trinajstić information content (AvgIpc) is 2.84. The number of hydrogen-bond donors (Lipinski definition) is 1. The molecule has 2 rings (SSSR count). The van der Waals surface area contributed by atoms with Gasteiger partial charge < -0.3 is 10.6 Å². The Bertz CT molecular complexity index is 408. The lowest BCUT2D eigenvalue weighted by molar-refractivity contribution is 0.263. The second kappa shape index (κ2) is 6.53. The maximum Gasteiger partial charge on any atom is 0.0426 e. The molecule has 0 radical (unpaired) electrons. The van der Waals surface area contributed by atoms with Gasteiger partial charge in [0.25, 0.3) is 0 Å². The number of hydrogen-bond acceptors (Lipinski definition) is 2. The van der Waals surface area contributed by atoms with Gasteiger partial charge in [0.15, 0.2) is 0 Å². The van der Waals surface area contributed by atoms with E-state index in [4.69, 9.17) is 5.73 Å². The Balaban J connectivity index is 1.91. The minimum Gasteiger partial charge on any atom is -0.323 e. The van der Waals surface area contributed by atoms with Crippen LogP contribution in [-0.4, -0.2) is 25.0 Å². The van der Waals surface area contributed by atoms with Crippen LogP contribution in [0, 0.1) is 19.8 Å². The third-order valence-electron chi connectivity index (χ3n) is 4.39. The third kappa shape index (κ3) is 4.05. The van der Waals surface area contributed by atoms with Crippen LogP contribution < -0.4 is 5.73 Å². The van der Waals surface area contributed by atoms with Gasteiger partial charge in [-0.1, -0.05) is 36.6 Å². The number of aryl methyl sites for hydroxylation is 2. The summed E-state index contributed by atoms with van der Waals surface area (Å²) in [6.07, 6.45) is 5.65. The fraction of sp³-hybridized carbons (Fsp3) is 0.647. The molecular formula is C17H28N2. The van der Waals surface area contributed by atoms with Crippen molar-refractivity contribution >= 4 is 0 Å². The van der Waals surface area contributed by atoms with Crippen LogP contribution in [0.3, 0.4) is 0 Å². The maximum absolute atomic E-state index is 6.40. The zero-order valence-electron chi connectivity index (χ0n) is 12.7. The molecule has 0 aliphatic heterocycles. The van der Waals surface area contributed by atoms with Crippen molar-refractivity contribution in [3.8, 4) is 0 Å². The molecule has 1 saturated carbocycles. The van der Waals surface area contributed by atoms with Gasteiger partial charge in [-0.05, 0) is 50.8 Å². The van der Waals surface area contributed by atoms with Gasteiger partial charge in [-0.25, -0.2) is 0 Å². The predicted octanol–water partition coefficient (Wildman–Crippen LogP) is 3.43. The van der Waals surface area contributed by atoms with Crippen molar-refractivity contribution in [3.63, 3.8) is 0 Å². The standard InChI is InChI=1S/C17H28N2/c1-13-8-9-14(2)16(10-13)17(18)12-19(3)11-15-6-4-5-7-15/h8-10,15,17H,4-7,11-12,18H2,1-3H3. The van der Waals surface area contributed by atoms with Crippen molar-refractivity contribution in [2.45, 2.75) is 45.6 Å². The molecule has 0 saturated heterocycles. The van der Waals surface area contributed by atoms with Gasteiger partial charge in [-0.15, -0.1) is 0 Å². The molecule has 0 spiro atoms. The zero-order chi connectivity index (χ0) is 13.8. The molecule has 0 amide bonds. The van der Waals surface area contributed by atoms with Crippen LogP contribution in [0.2, 0.25) is 0 Å². The molecule has 1 unspecified atom stereocenters. The van der Waals surface area contributed by atoms with Gasteiger partial charge in [0.05, 0.1) is 0 Å². The molecule has 0 heterocycles. The van der Waals surface area contributed by atoms with Gasteiger partial charge in [-0.3, -0.25) is 0 Å². The van der Waals surface area contributed by atoms with Crippen LogP contribution in [0.4, 0.5) is 0 Å². The molecule has 2 heteroatoms. The van der Waals surface area contributed by atoms with E-state index >= 15 is 0 Å². The summed E-state index contributed by atoms with van der Waals surface area (Å²) < 4.78 is 0. The Morgan fingerprint density at radius 1 is 1.26 bits per heavy atom. The summed E-state index contributed by atoms with van der Waals surface area (Å²) in [5.41, 5.74) is 10.3. The van der Waals surface area contributed by atoms with Crippen LogP contribution in [0.25, 0.3) is 0 Å². The summed E-state index contributed by atoms with van der Waals surface area (Å²) in [6.45, 7) is 6.46. The molecule has 1 aliphatic carbocycles. The van der Waals surface area contributed by atoms with Crippen LogP contribution in [0.15, 0.2) is 18.2 Å². The van der Waals surface area contributed by atoms with E-state index in [0.717, 1.165) is 12.5 Å². The highest BCUT2D eigenvalue weighted by Crippen LogP contribution is 2.26. The molecule has 106 valence electrons. The highest BCUT2D eigenvalue weighted by Gasteiger charge is 2.18. The molecule has 19 heavy (non-hydrogen) atoms. The summed E-state index contributed by atoms with van der Waals surface area (Å²) in [4.78, 5) is 2.42. The lowest BCUT2D eigenvalue weighted by Crippen LogP contribution is -2.32. The van der Waals surface area contributed by atoms with Crippen molar-refractivity contribution in [2.24, 2.45) is 11.7 Å². The van der Waals surface area contributed by atoms with Crippen LogP contribution in [0.5, 0.6) is 0 Å². The maximum atomic E-state index is 6.40. The number of benzene rings is 1. The van der Waals surface area contributed by atoms with Crippen LogP contribution in [-0.2, 0) is 0 Å². The monoisotopic (exact) mass is 260 g/mol. The largest absolute Gasteiger partial charge is 0.323 e. The van der Waals surface area contributed by atoms with Crippen molar-refractivity contribution in [2.75, 3.05) is 20.1 Å². The second-order valence-electron chi connectivity index (χ2n) is 6.34. The van der Waals surface area contributed by atoms with Gasteiger partial charge in [0.1, 0.15) is 0 Å². The number of nitrogens with two attached hydrogens (primary N) is 1. The molecule has 2 N–H and O–H groups in total. The molecule has 1 aromatic rings. The van der Waals surface area contributed by atoms with Gasteiger partial charge in [-0.2, -0.15) is 0 Å². The van der Waals surface area contributed by atoms with E-state index in [0.29, 0.717) is 0 Å². The highest BCUT2D eigenvalue weighted by atomic mass is 15.1. The van der Waals surface area contributed by atoms with Crippen LogP contribution in [0.1, 0.15) is 48.4 Å². The number of likely N-dealkylation sites (N-methyl/N-ethyl adjacent to an activating group) is 1. The Morgan fingerprint density at radius 2 is 1.95 bits per heavy atom. The van der Waals surface area contributed by atoms with E-state index in [1.54, 1.807) is 0 Å². The van der Waals surface area contributed by atoms with E-state index in [1.165, 1.54) is 48.9 Å². The van der Waals surface area contributed by atoms with Gasteiger partial charge in [0.2, 0.25) is 0 Å². The Kier molecular flexibility index (Phi) is 5.00. The first-order valence-corrected chi connectivity index (χ1v) is 7.57. The molecule has 1 fully saturated rings. The first-order chi connectivity index (χ1) is 9.06. The van der Waals surface area contributed by atoms with Crippen molar-refractivity contribution in [1.29, 1.82) is 0 Å². The third-order valence-corrected chi connectivity index (χ3v) is 4.39. The normalized spacial score (nSPS) is 18.2. The van der Waals surface area contributed by atoms with E-state index in [2.05, 4.69) is 44.0 Å². The van der Waals surface area contributed by atoms with Crippen LogP contribution >= 0.6 is 0 Å². The number of nitrogens with zero attached hydrogens (tertiary/aromatic N) is 1. The highest BCUT2D eigenvalue weighted by molar-refractivity contribution is 5.32. The predicted molar refractivity (Wildman–Crippen MR) is 82.3 cm³/mol. The summed E-state index contributed by atoms with van der Waals surface area (Å²) in [5, 5.41) is 0. The SMILES string of the molecule is Cc1ccc(C)c(C(N)CN(C)CC2CCCC2)c1. The molecule has 1 atom stereocenters. The molecular weight excluding hydrogens is 232 g/mol. The smallest absolute Gasteiger partial charge is 0.0426 e. The summed E-state index contributed by atoms with van der Waals surface area (Å²) in [7, 11) is 2.21. The summed E-state index contributed by atoms with van der Waals surface area (Å²) >= 11 is 0. The molecule has 1 aromatic carbocycles. The summed E-state index contributed by atoms with van der Waals surface area (Å²) in [6, 6.07) is 6.71. The molecule has 0 aromatic heterocycles. The fourth-order valence-corrected chi connectivity index (χ4v) is 3.30. The van der Waals surface area contributed by atoms with E-state index in [-0.39, 0.29) is 6.04 Å². The Labute approximate surface area is 118 Å². The first-order valence-electron chi connectivity index (χ1n) is 7.57.